The smallest absolute Gasteiger partial charge is 0.275 e. The molecule has 0 aliphatic carbocycles. The molecule has 6 N–H and O–H groups in total. The number of halogens is 2. The minimum absolute atomic E-state index is 0. The van der Waals surface area contributed by atoms with Gasteiger partial charge in [-0.25, -0.2) is 4.99 Å². The van der Waals surface area contributed by atoms with Gasteiger partial charge in [-0.2, -0.15) is 0 Å². The van der Waals surface area contributed by atoms with Crippen LogP contribution in [0.2, 0.25) is 0 Å². The first-order valence-electron chi connectivity index (χ1n) is 4.65. The highest BCUT2D eigenvalue weighted by Crippen LogP contribution is 2.25. The second-order valence-corrected chi connectivity index (χ2v) is 3.47. The molecule has 17 heavy (non-hydrogen) atoms. The van der Waals surface area contributed by atoms with E-state index in [4.69, 9.17) is 17.2 Å². The van der Waals surface area contributed by atoms with Gasteiger partial charge in [-0.15, -0.1) is 24.8 Å². The Morgan fingerprint density at radius 1 is 1.53 bits per heavy atom. The molecule has 0 aromatic rings. The molecule has 0 aromatic carbocycles. The molecular weight excluding hydrogens is 269 g/mol. The molecule has 0 spiro atoms. The van der Waals surface area contributed by atoms with Crippen molar-refractivity contribution in [2.45, 2.75) is 24.5 Å². The van der Waals surface area contributed by atoms with E-state index in [9.17, 15) is 10.1 Å². The number of aliphatic imine (C=N–C) groups is 1. The van der Waals surface area contributed by atoms with E-state index in [1.165, 1.54) is 12.2 Å². The molecule has 100 valence electrons. The molecule has 0 saturated carbocycles. The number of hydrogen-bond acceptors (Lipinski definition) is 6. The van der Waals surface area contributed by atoms with E-state index in [0.717, 1.165) is 0 Å². The number of amidine groups is 1. The lowest BCUT2D eigenvalue weighted by Gasteiger charge is -2.27. The summed E-state index contributed by atoms with van der Waals surface area (Å²) < 4.78 is 0. The van der Waals surface area contributed by atoms with Crippen LogP contribution >= 0.6 is 24.8 Å². The van der Waals surface area contributed by atoms with Gasteiger partial charge in [-0.3, -0.25) is 10.1 Å². The van der Waals surface area contributed by atoms with Gasteiger partial charge < -0.3 is 17.2 Å². The summed E-state index contributed by atoms with van der Waals surface area (Å²) in [6.45, 7) is 0.384. The van der Waals surface area contributed by atoms with Crippen LogP contribution in [0.4, 0.5) is 0 Å². The zero-order valence-electron chi connectivity index (χ0n) is 9.11. The minimum Gasteiger partial charge on any atom is -0.384 e. The van der Waals surface area contributed by atoms with Crippen LogP contribution in [0, 0.1) is 10.1 Å². The Hall–Kier alpha value is -0.890. The third kappa shape index (κ3) is 3.81. The van der Waals surface area contributed by atoms with E-state index in [1.54, 1.807) is 0 Å². The van der Waals surface area contributed by atoms with Gasteiger partial charge in [0.05, 0.1) is 0 Å². The molecule has 7 nitrogen and oxygen atoms in total. The van der Waals surface area contributed by atoms with E-state index < -0.39 is 16.6 Å². The lowest BCUT2D eigenvalue weighted by molar-refractivity contribution is -0.560. The summed E-state index contributed by atoms with van der Waals surface area (Å²) in [5, 5.41) is 11.0. The minimum atomic E-state index is -1.36. The number of nitrogens with two attached hydrogens (primary N) is 3. The summed E-state index contributed by atoms with van der Waals surface area (Å²) in [4.78, 5) is 14.4. The molecule has 1 heterocycles. The van der Waals surface area contributed by atoms with E-state index in [2.05, 4.69) is 4.99 Å². The molecule has 0 radical (unpaired) electrons. The summed E-state index contributed by atoms with van der Waals surface area (Å²) >= 11 is 0. The highest BCUT2D eigenvalue weighted by molar-refractivity contribution is 5.92. The van der Waals surface area contributed by atoms with Crippen molar-refractivity contribution in [1.82, 2.24) is 0 Å². The Bertz CT molecular complexity index is 323. The molecule has 9 heteroatoms. The van der Waals surface area contributed by atoms with Crippen LogP contribution in [0.3, 0.4) is 0 Å². The summed E-state index contributed by atoms with van der Waals surface area (Å²) in [6, 6.07) is 0. The van der Waals surface area contributed by atoms with E-state index >= 15 is 0 Å². The Balaban J connectivity index is 0. The summed E-state index contributed by atoms with van der Waals surface area (Å²) in [5.74, 6) is 0.215. The average molecular weight is 286 g/mol. The fraction of sp³-hybridized carbons (Fsp3) is 0.625. The summed E-state index contributed by atoms with van der Waals surface area (Å²) in [6.07, 6.45) is 2.68. The van der Waals surface area contributed by atoms with Gasteiger partial charge >= 0.3 is 0 Å². The number of dihydropyridines is 1. The predicted octanol–water partition coefficient (Wildman–Crippen LogP) is -0.204. The SMILES string of the molecule is Cl.Cl.NCCCC1([N+](=O)[O-])C=CC(N)=NC1N. The monoisotopic (exact) mass is 285 g/mol. The summed E-state index contributed by atoms with van der Waals surface area (Å²) in [5.41, 5.74) is 15.0. The van der Waals surface area contributed by atoms with E-state index in [0.29, 0.717) is 13.0 Å². The van der Waals surface area contributed by atoms with Gasteiger partial charge in [-0.1, -0.05) is 0 Å². The van der Waals surface area contributed by atoms with E-state index in [1.807, 2.05) is 0 Å². The first-order valence-corrected chi connectivity index (χ1v) is 4.65. The van der Waals surface area contributed by atoms with E-state index in [-0.39, 0.29) is 37.1 Å². The molecule has 0 aromatic heterocycles. The van der Waals surface area contributed by atoms with Crippen LogP contribution in [0.25, 0.3) is 0 Å². The first kappa shape index (κ1) is 18.5. The van der Waals surface area contributed by atoms with Crippen LogP contribution in [0.15, 0.2) is 17.1 Å². The molecule has 2 unspecified atom stereocenters. The quantitative estimate of drug-likeness (QED) is 0.486. The van der Waals surface area contributed by atoms with Gasteiger partial charge in [0, 0.05) is 11.3 Å². The lowest BCUT2D eigenvalue weighted by Crippen LogP contribution is -2.54. The molecule has 2 atom stereocenters. The van der Waals surface area contributed by atoms with Crippen molar-refractivity contribution < 1.29 is 4.92 Å². The topological polar surface area (TPSA) is 134 Å². The van der Waals surface area contributed by atoms with Crippen LogP contribution in [-0.4, -0.2) is 29.0 Å². The zero-order chi connectivity index (χ0) is 11.5. The second kappa shape index (κ2) is 7.44. The Morgan fingerprint density at radius 2 is 2.12 bits per heavy atom. The van der Waals surface area contributed by atoms with Crippen molar-refractivity contribution >= 4 is 30.6 Å². The summed E-state index contributed by atoms with van der Waals surface area (Å²) in [7, 11) is 0. The zero-order valence-corrected chi connectivity index (χ0v) is 10.7. The van der Waals surface area contributed by atoms with Gasteiger partial charge in [0.2, 0.25) is 0 Å². The number of nitrogens with zero attached hydrogens (tertiary/aromatic N) is 2. The van der Waals surface area contributed by atoms with Crippen LogP contribution in [-0.2, 0) is 0 Å². The number of rotatable bonds is 4. The van der Waals surface area contributed by atoms with Crippen molar-refractivity contribution in [3.8, 4) is 0 Å². The van der Waals surface area contributed by atoms with Gasteiger partial charge in [0.25, 0.3) is 5.54 Å². The first-order chi connectivity index (χ1) is 7.03. The van der Waals surface area contributed by atoms with Crippen LogP contribution in [0.5, 0.6) is 0 Å². The third-order valence-corrected chi connectivity index (χ3v) is 2.46. The van der Waals surface area contributed by atoms with Gasteiger partial charge in [0.15, 0.2) is 6.17 Å². The second-order valence-electron chi connectivity index (χ2n) is 3.47. The van der Waals surface area contributed by atoms with Crippen molar-refractivity contribution in [2.75, 3.05) is 6.54 Å². The highest BCUT2D eigenvalue weighted by atomic mass is 35.5. The average Bonchev–Trinajstić information content (AvgIpc) is 2.16. The fourth-order valence-corrected chi connectivity index (χ4v) is 1.52. The van der Waals surface area contributed by atoms with Crippen LogP contribution < -0.4 is 17.2 Å². The normalized spacial score (nSPS) is 26.5. The number of hydrogen-bond donors (Lipinski definition) is 3. The maximum absolute atomic E-state index is 11.0. The molecular formula is C8H17Cl2N5O2. The van der Waals surface area contributed by atoms with Crippen molar-refractivity contribution in [2.24, 2.45) is 22.2 Å². The maximum atomic E-state index is 11.0. The van der Waals surface area contributed by atoms with Crippen molar-refractivity contribution in [3.63, 3.8) is 0 Å². The van der Waals surface area contributed by atoms with Gasteiger partial charge in [0.1, 0.15) is 5.84 Å². The Morgan fingerprint density at radius 3 is 2.53 bits per heavy atom. The maximum Gasteiger partial charge on any atom is 0.275 e. The fourth-order valence-electron chi connectivity index (χ4n) is 1.52. The molecule has 0 bridgehead atoms. The molecule has 0 amide bonds. The number of nitro groups is 1. The Kier molecular flexibility index (Phi) is 8.08. The molecule has 1 aliphatic heterocycles. The predicted molar refractivity (Wildman–Crippen MR) is 71.2 cm³/mol. The molecule has 0 fully saturated rings. The largest absolute Gasteiger partial charge is 0.384 e. The van der Waals surface area contributed by atoms with Gasteiger partial charge in [-0.05, 0) is 25.1 Å². The molecule has 1 aliphatic rings. The van der Waals surface area contributed by atoms with Crippen molar-refractivity contribution in [3.05, 3.63) is 22.3 Å². The Labute approximate surface area is 111 Å². The lowest BCUT2D eigenvalue weighted by atomic mass is 9.89. The molecule has 0 saturated heterocycles. The standard InChI is InChI=1S/C8H15N5O2.2ClH/c9-5-1-3-8(13(14)15)4-2-6(10)12-7(8)11;;/h2,4,7H,1,3,5,9,11H2,(H2,10,12);2*1H. The highest BCUT2D eigenvalue weighted by Gasteiger charge is 2.47. The van der Waals surface area contributed by atoms with Crippen LogP contribution in [0.1, 0.15) is 12.8 Å². The molecule has 1 rings (SSSR count). The third-order valence-electron chi connectivity index (χ3n) is 2.46. The van der Waals surface area contributed by atoms with Crippen molar-refractivity contribution in [1.29, 1.82) is 0 Å².